The summed E-state index contributed by atoms with van der Waals surface area (Å²) in [5.74, 6) is -3.59. The average Bonchev–Trinajstić information content (AvgIpc) is 2.86. The number of methoxy groups -OCH3 is 1. The first-order valence-electron chi connectivity index (χ1n) is 11.8. The monoisotopic (exact) mass is 308 g/mol. The van der Waals surface area contributed by atoms with Crippen LogP contribution in [-0.2, 0) is 16.6 Å². The minimum atomic E-state index is -2.87. The summed E-state index contributed by atoms with van der Waals surface area (Å²) < 4.78 is 86.1. The van der Waals surface area contributed by atoms with Gasteiger partial charge in [0.15, 0.2) is 23.4 Å². The summed E-state index contributed by atoms with van der Waals surface area (Å²) in [4.78, 5) is 14.9. The van der Waals surface area contributed by atoms with Crippen LogP contribution in [-0.4, -0.2) is 43.4 Å². The fourth-order valence-electron chi connectivity index (χ4n) is 4.36. The Balaban J connectivity index is 1.91. The molecule has 4 atom stereocenters. The fourth-order valence-corrected chi connectivity index (χ4v) is 4.36. The predicted octanol–water partition coefficient (Wildman–Crippen LogP) is 1.93. The van der Waals surface area contributed by atoms with Crippen LogP contribution in [0.5, 0.6) is 11.5 Å². The van der Waals surface area contributed by atoms with Crippen LogP contribution in [0.25, 0.3) is 0 Å². The summed E-state index contributed by atoms with van der Waals surface area (Å²) in [5, 5.41) is 0. The SMILES string of the molecule is [2H]C([2H])([2H])Oc1ccc2c3c1OC1([2H])C(=O)C([2H])([2H])C[C@@]4([2H])[C@H](N(C)CC[C@]314)C2([2H])[2H]. The van der Waals surface area contributed by atoms with Gasteiger partial charge in [-0.15, -0.1) is 0 Å². The molecule has 5 rings (SSSR count). The topological polar surface area (TPSA) is 38.8 Å². The van der Waals surface area contributed by atoms with Crippen molar-refractivity contribution in [2.75, 3.05) is 20.6 Å². The van der Waals surface area contributed by atoms with E-state index in [0.717, 1.165) is 0 Å². The van der Waals surface area contributed by atoms with Gasteiger partial charge in [-0.3, -0.25) is 4.79 Å². The van der Waals surface area contributed by atoms with Crippen molar-refractivity contribution in [3.8, 4) is 11.5 Å². The molecular formula is C18H21NO3. The number of hydrogen-bond donors (Lipinski definition) is 0. The third-order valence-corrected chi connectivity index (χ3v) is 5.35. The van der Waals surface area contributed by atoms with Gasteiger partial charge in [0.25, 0.3) is 0 Å². The van der Waals surface area contributed by atoms with Crippen molar-refractivity contribution in [2.45, 2.75) is 43.1 Å². The summed E-state index contributed by atoms with van der Waals surface area (Å²) in [6.45, 7) is 0.258. The molecule has 1 saturated heterocycles. The highest BCUT2D eigenvalue weighted by molar-refractivity contribution is 5.89. The highest BCUT2D eigenvalue weighted by Crippen LogP contribution is 2.62. The largest absolute Gasteiger partial charge is 0.493 e. The van der Waals surface area contributed by atoms with Crippen molar-refractivity contribution in [2.24, 2.45) is 5.89 Å². The quantitative estimate of drug-likeness (QED) is 0.795. The van der Waals surface area contributed by atoms with Crippen LogP contribution < -0.4 is 9.47 Å². The zero-order chi connectivity index (χ0) is 23.0. The molecule has 1 spiro atoms. The van der Waals surface area contributed by atoms with Crippen LogP contribution in [0.1, 0.15) is 42.7 Å². The molecular weight excluding hydrogens is 278 g/mol. The molecule has 1 aromatic carbocycles. The molecule has 2 heterocycles. The molecule has 2 aliphatic carbocycles. The van der Waals surface area contributed by atoms with E-state index in [4.69, 9.17) is 20.4 Å². The normalized spacial score (nSPS) is 56.3. The molecule has 4 nitrogen and oxygen atoms in total. The number of rotatable bonds is 1. The predicted molar refractivity (Wildman–Crippen MR) is 81.6 cm³/mol. The second kappa shape index (κ2) is 4.05. The van der Waals surface area contributed by atoms with Gasteiger partial charge in [-0.05, 0) is 50.3 Å². The van der Waals surface area contributed by atoms with E-state index < -0.39 is 55.4 Å². The Morgan fingerprint density at radius 2 is 2.50 bits per heavy atom. The van der Waals surface area contributed by atoms with Crippen molar-refractivity contribution in [1.29, 1.82) is 0 Å². The van der Waals surface area contributed by atoms with E-state index >= 15 is 0 Å². The summed E-state index contributed by atoms with van der Waals surface area (Å²) in [6.07, 6.45) is -7.79. The minimum Gasteiger partial charge on any atom is -0.493 e. The van der Waals surface area contributed by atoms with Crippen LogP contribution in [0.15, 0.2) is 12.1 Å². The summed E-state index contributed by atoms with van der Waals surface area (Å²) in [7, 11) is -1.22. The Morgan fingerprint density at radius 3 is 3.36 bits per heavy atom. The van der Waals surface area contributed by atoms with Gasteiger partial charge in [0.2, 0.25) is 0 Å². The van der Waals surface area contributed by atoms with Gasteiger partial charge < -0.3 is 14.4 Å². The standard InChI is InChI=1S/C18H21NO3/c1-19-8-7-18-11-4-5-13(20)17(18)22-16-14(21-2)6-3-10(15(16)18)9-12(11)19/h3,6,11-12,17H,4-5,7-9H2,1-2H3/t11-,12+,17?,18-/m0/s1/i2D3,5D2,9D2,11D,17D. The number of piperidine rings is 1. The van der Waals surface area contributed by atoms with E-state index in [1.807, 2.05) is 0 Å². The molecule has 0 radical (unpaired) electrons. The van der Waals surface area contributed by atoms with Crippen molar-refractivity contribution in [1.82, 2.24) is 4.90 Å². The first-order chi connectivity index (χ1) is 14.0. The molecule has 22 heavy (non-hydrogen) atoms. The second-order valence-electron chi connectivity index (χ2n) is 6.24. The third-order valence-electron chi connectivity index (χ3n) is 5.35. The fraction of sp³-hybridized carbons (Fsp3) is 0.611. The maximum atomic E-state index is 13.2. The molecule has 1 aromatic rings. The maximum absolute atomic E-state index is 13.2. The van der Waals surface area contributed by atoms with Gasteiger partial charge in [0.05, 0.1) is 12.5 Å². The molecule has 0 N–H and O–H groups in total. The Labute approximate surface area is 143 Å². The maximum Gasteiger partial charge on any atom is 0.174 e. The third kappa shape index (κ3) is 1.27. The van der Waals surface area contributed by atoms with E-state index in [9.17, 15) is 6.17 Å². The number of ether oxygens (including phenoxy) is 2. The van der Waals surface area contributed by atoms with Gasteiger partial charge in [0.1, 0.15) is 0 Å². The van der Waals surface area contributed by atoms with Crippen LogP contribution in [0.3, 0.4) is 0 Å². The smallest absolute Gasteiger partial charge is 0.174 e. The number of likely N-dealkylation sites (N-methyl/N-ethyl adjacent to an activating group) is 1. The van der Waals surface area contributed by atoms with Crippen molar-refractivity contribution in [3.63, 3.8) is 0 Å². The van der Waals surface area contributed by atoms with E-state index in [2.05, 4.69) is 0 Å². The Bertz CT molecular complexity index is 1030. The summed E-state index contributed by atoms with van der Waals surface area (Å²) in [5.41, 5.74) is -1.45. The van der Waals surface area contributed by atoms with Crippen molar-refractivity contribution in [3.05, 3.63) is 23.3 Å². The first kappa shape index (κ1) is 6.91. The van der Waals surface area contributed by atoms with E-state index in [-0.39, 0.29) is 35.6 Å². The molecule has 0 aromatic heterocycles. The number of nitrogens with zero attached hydrogens (tertiary/aromatic N) is 1. The number of likely N-dealkylation sites (tertiary alicyclic amines) is 1. The van der Waals surface area contributed by atoms with Gasteiger partial charge in [0, 0.05) is 30.2 Å². The lowest BCUT2D eigenvalue weighted by Gasteiger charge is -2.57. The number of carbonyl (C=O) groups is 1. The van der Waals surface area contributed by atoms with Crippen LogP contribution in [0.2, 0.25) is 0 Å². The first-order valence-corrected chi connectivity index (χ1v) is 7.34. The average molecular weight is 308 g/mol. The summed E-state index contributed by atoms with van der Waals surface area (Å²) >= 11 is 0. The van der Waals surface area contributed by atoms with Gasteiger partial charge >= 0.3 is 0 Å². The molecule has 2 fully saturated rings. The second-order valence-corrected chi connectivity index (χ2v) is 6.24. The van der Waals surface area contributed by atoms with Crippen molar-refractivity contribution >= 4 is 5.78 Å². The minimum absolute atomic E-state index is 0.0854. The van der Waals surface area contributed by atoms with Crippen molar-refractivity contribution < 1.29 is 26.6 Å². The number of benzene rings is 1. The molecule has 4 aliphatic rings. The molecule has 116 valence electrons. The van der Waals surface area contributed by atoms with E-state index in [0.29, 0.717) is 0 Å². The lowest BCUT2D eigenvalue weighted by Crippen LogP contribution is -2.65. The highest BCUT2D eigenvalue weighted by atomic mass is 16.5. The van der Waals surface area contributed by atoms with Crippen LogP contribution in [0.4, 0.5) is 0 Å². The zero-order valence-electron chi connectivity index (χ0n) is 21.0. The summed E-state index contributed by atoms with van der Waals surface area (Å²) in [6, 6.07) is 1.47. The highest BCUT2D eigenvalue weighted by Gasteiger charge is 2.65. The Hall–Kier alpha value is -1.55. The molecule has 2 aliphatic heterocycles. The molecule has 0 amide bonds. The van der Waals surface area contributed by atoms with Gasteiger partial charge in [-0.1, -0.05) is 6.07 Å². The number of Topliss-reactive ketones (excluding diaryl/α,β-unsaturated/α-hetero) is 1. The van der Waals surface area contributed by atoms with Crippen LogP contribution in [0, 0.1) is 5.89 Å². The molecule has 4 heteroatoms. The van der Waals surface area contributed by atoms with E-state index in [1.165, 1.54) is 12.1 Å². The number of ketones is 1. The molecule has 1 saturated carbocycles. The van der Waals surface area contributed by atoms with Gasteiger partial charge in [-0.2, -0.15) is 0 Å². The van der Waals surface area contributed by atoms with Gasteiger partial charge in [-0.25, -0.2) is 0 Å². The molecule has 2 bridgehead atoms. The Morgan fingerprint density at radius 1 is 1.59 bits per heavy atom. The van der Waals surface area contributed by atoms with Crippen LogP contribution >= 0.6 is 0 Å². The number of carbonyl (C=O) groups excluding carboxylic acids is 1. The Kier molecular flexibility index (Phi) is 1.27. The lowest BCUT2D eigenvalue weighted by atomic mass is 9.52. The zero-order valence-corrected chi connectivity index (χ0v) is 12.0. The van der Waals surface area contributed by atoms with E-state index in [1.54, 1.807) is 11.9 Å². The lowest BCUT2D eigenvalue weighted by molar-refractivity contribution is -0.138. The number of hydrogen-bond acceptors (Lipinski definition) is 4. The molecule has 1 unspecified atom stereocenters.